The molecular weight excluding hydrogens is 145 g/mol. The molecule has 9 heavy (non-hydrogen) atoms. The Hall–Kier alpha value is 1.07. The number of rotatable bonds is 4. The van der Waals surface area contributed by atoms with Crippen LogP contribution in [0.3, 0.4) is 0 Å². The predicted octanol–water partition coefficient (Wildman–Crippen LogP) is -4.13. The summed E-state index contributed by atoms with van der Waals surface area (Å²) in [5.41, 5.74) is 5.10. The molecule has 0 aromatic rings. The third kappa shape index (κ3) is 12.3. The van der Waals surface area contributed by atoms with Gasteiger partial charge in [0, 0.05) is 5.97 Å². The fourth-order valence-corrected chi connectivity index (χ4v) is 0.414. The van der Waals surface area contributed by atoms with E-state index in [2.05, 4.69) is 0 Å². The van der Waals surface area contributed by atoms with Gasteiger partial charge < -0.3 is 15.6 Å². The van der Waals surface area contributed by atoms with Crippen LogP contribution in [0.2, 0.25) is 0 Å². The molecule has 0 aliphatic rings. The number of carbonyl (C=O) groups is 1. The number of unbranched alkanes of at least 4 members (excludes halogenated alkanes) is 1. The number of hydrogen-bond acceptors (Lipinski definition) is 3. The van der Waals surface area contributed by atoms with Gasteiger partial charge in [-0.05, 0) is 25.8 Å². The Kier molecular flexibility index (Phi) is 12.8. The van der Waals surface area contributed by atoms with Gasteiger partial charge in [0.25, 0.3) is 0 Å². The van der Waals surface area contributed by atoms with Crippen LogP contribution >= 0.6 is 0 Å². The number of carboxylic acid groups (broad SMARTS) is 1. The molecule has 0 saturated heterocycles. The third-order valence-corrected chi connectivity index (χ3v) is 0.835. The van der Waals surface area contributed by atoms with Gasteiger partial charge in [-0.25, -0.2) is 0 Å². The first-order chi connectivity index (χ1) is 3.77. The number of aliphatic carboxylic acids is 1. The van der Waals surface area contributed by atoms with Crippen molar-refractivity contribution in [3.8, 4) is 0 Å². The monoisotopic (exact) mass is 155 g/mol. The molecule has 48 valence electrons. The number of hydrogen-bond donors (Lipinski definition) is 1. The van der Waals surface area contributed by atoms with Crippen LogP contribution in [0.1, 0.15) is 19.3 Å². The molecule has 0 saturated carbocycles. The van der Waals surface area contributed by atoms with Crippen LogP contribution < -0.4 is 62.2 Å². The Labute approximate surface area is 97.4 Å². The van der Waals surface area contributed by atoms with Gasteiger partial charge >= 0.3 is 51.4 Å². The second kappa shape index (κ2) is 9.07. The van der Waals surface area contributed by atoms with Gasteiger partial charge in [0.05, 0.1) is 0 Å². The van der Waals surface area contributed by atoms with Crippen molar-refractivity contribution in [1.29, 1.82) is 0 Å². The van der Waals surface area contributed by atoms with Crippen molar-refractivity contribution in [2.24, 2.45) is 5.73 Å². The van der Waals surface area contributed by atoms with E-state index in [0.29, 0.717) is 13.0 Å². The van der Waals surface area contributed by atoms with Crippen molar-refractivity contribution < 1.29 is 61.3 Å². The molecule has 0 bridgehead atoms. The standard InChI is InChI=1S/C5H11NO2.K/c6-4-2-1-3-5(7)8;/h1-4,6H2,(H,7,8);/q;+1/p-1. The minimum absolute atomic E-state index is 0. The fourth-order valence-electron chi connectivity index (χ4n) is 0.414. The summed E-state index contributed by atoms with van der Waals surface area (Å²) in [7, 11) is 0. The van der Waals surface area contributed by atoms with E-state index in [0.717, 1.165) is 6.42 Å². The maximum absolute atomic E-state index is 9.72. The predicted molar refractivity (Wildman–Crippen MR) is 27.9 cm³/mol. The molecule has 0 aromatic carbocycles. The van der Waals surface area contributed by atoms with Gasteiger partial charge in [-0.1, -0.05) is 0 Å². The second-order valence-corrected chi connectivity index (χ2v) is 1.62. The van der Waals surface area contributed by atoms with Gasteiger partial charge in [-0.3, -0.25) is 0 Å². The molecule has 0 unspecified atom stereocenters. The second-order valence-electron chi connectivity index (χ2n) is 1.62. The van der Waals surface area contributed by atoms with Crippen molar-refractivity contribution in [1.82, 2.24) is 0 Å². The molecule has 0 rings (SSSR count). The van der Waals surface area contributed by atoms with Crippen molar-refractivity contribution in [2.75, 3.05) is 6.54 Å². The Morgan fingerprint density at radius 2 is 2.00 bits per heavy atom. The van der Waals surface area contributed by atoms with Crippen molar-refractivity contribution >= 4 is 5.97 Å². The first-order valence-corrected chi connectivity index (χ1v) is 2.67. The van der Waals surface area contributed by atoms with Crippen LogP contribution in [0.5, 0.6) is 0 Å². The van der Waals surface area contributed by atoms with E-state index in [-0.39, 0.29) is 57.8 Å². The van der Waals surface area contributed by atoms with E-state index < -0.39 is 5.97 Å². The van der Waals surface area contributed by atoms with E-state index >= 15 is 0 Å². The molecule has 0 aliphatic carbocycles. The van der Waals surface area contributed by atoms with E-state index in [1.807, 2.05) is 0 Å². The minimum atomic E-state index is -0.988. The van der Waals surface area contributed by atoms with E-state index in [9.17, 15) is 9.90 Å². The van der Waals surface area contributed by atoms with Crippen LogP contribution in [-0.2, 0) is 4.79 Å². The van der Waals surface area contributed by atoms with Crippen LogP contribution in [0.15, 0.2) is 0 Å². The number of carbonyl (C=O) groups excluding carboxylic acids is 1. The summed E-state index contributed by atoms with van der Waals surface area (Å²) in [5.74, 6) is -0.988. The molecule has 0 amide bonds. The first kappa shape index (κ1) is 12.7. The molecule has 0 aliphatic heterocycles. The van der Waals surface area contributed by atoms with Crippen molar-refractivity contribution in [3.05, 3.63) is 0 Å². The Morgan fingerprint density at radius 3 is 2.33 bits per heavy atom. The average molecular weight is 155 g/mol. The summed E-state index contributed by atoms with van der Waals surface area (Å²) < 4.78 is 0. The van der Waals surface area contributed by atoms with Crippen LogP contribution in [0, 0.1) is 0 Å². The minimum Gasteiger partial charge on any atom is -0.550 e. The summed E-state index contributed by atoms with van der Waals surface area (Å²) in [6.45, 7) is 0.563. The molecule has 0 radical (unpaired) electrons. The van der Waals surface area contributed by atoms with E-state index in [4.69, 9.17) is 5.73 Å². The van der Waals surface area contributed by atoms with Crippen LogP contribution in [-0.4, -0.2) is 12.5 Å². The Bertz CT molecular complexity index is 77.4. The number of nitrogens with two attached hydrogens (primary N) is 1. The average Bonchev–Trinajstić information content (AvgIpc) is 1.66. The fraction of sp³-hybridized carbons (Fsp3) is 0.800. The van der Waals surface area contributed by atoms with E-state index in [1.54, 1.807) is 0 Å². The van der Waals surface area contributed by atoms with Gasteiger partial charge in [-0.2, -0.15) is 0 Å². The van der Waals surface area contributed by atoms with Gasteiger partial charge in [-0.15, -0.1) is 0 Å². The number of carboxylic acids is 1. The molecule has 4 heteroatoms. The Morgan fingerprint density at radius 1 is 1.44 bits per heavy atom. The van der Waals surface area contributed by atoms with Crippen molar-refractivity contribution in [2.45, 2.75) is 19.3 Å². The zero-order valence-corrected chi connectivity index (χ0v) is 8.85. The quantitative estimate of drug-likeness (QED) is 0.331. The van der Waals surface area contributed by atoms with Crippen LogP contribution in [0.4, 0.5) is 0 Å². The van der Waals surface area contributed by atoms with Gasteiger partial charge in [0.2, 0.25) is 0 Å². The SMILES string of the molecule is NCCCCC(=O)[O-].[K+]. The maximum Gasteiger partial charge on any atom is 1.00 e. The van der Waals surface area contributed by atoms with Crippen molar-refractivity contribution in [3.63, 3.8) is 0 Å². The third-order valence-electron chi connectivity index (χ3n) is 0.835. The molecule has 3 nitrogen and oxygen atoms in total. The zero-order valence-electron chi connectivity index (χ0n) is 5.72. The Balaban J connectivity index is 0. The zero-order chi connectivity index (χ0) is 6.41. The molecule has 0 fully saturated rings. The molecular formula is C5H10KNO2. The first-order valence-electron chi connectivity index (χ1n) is 2.67. The summed E-state index contributed by atoms with van der Waals surface area (Å²) >= 11 is 0. The molecule has 0 heterocycles. The summed E-state index contributed by atoms with van der Waals surface area (Å²) in [4.78, 5) is 9.72. The largest absolute Gasteiger partial charge is 1.00 e. The maximum atomic E-state index is 9.72. The molecule has 0 aromatic heterocycles. The van der Waals surface area contributed by atoms with Gasteiger partial charge in [0.15, 0.2) is 0 Å². The molecule has 2 N–H and O–H groups in total. The topological polar surface area (TPSA) is 66.2 Å². The summed E-state index contributed by atoms with van der Waals surface area (Å²) in [6, 6.07) is 0. The molecule has 0 atom stereocenters. The van der Waals surface area contributed by atoms with E-state index in [1.165, 1.54) is 0 Å². The molecule has 0 spiro atoms. The summed E-state index contributed by atoms with van der Waals surface area (Å²) in [5, 5.41) is 9.72. The van der Waals surface area contributed by atoms with Gasteiger partial charge in [0.1, 0.15) is 0 Å². The smallest absolute Gasteiger partial charge is 0.550 e. The summed E-state index contributed by atoms with van der Waals surface area (Å²) in [6.07, 6.45) is 1.55. The normalized spacial score (nSPS) is 8.11. The van der Waals surface area contributed by atoms with Crippen LogP contribution in [0.25, 0.3) is 0 Å².